The van der Waals surface area contributed by atoms with Crippen molar-refractivity contribution in [3.8, 4) is 0 Å². The molecule has 0 aromatic heterocycles. The molecule has 2 rings (SSSR count). The molecule has 27 heavy (non-hydrogen) atoms. The van der Waals surface area contributed by atoms with E-state index in [1.165, 1.54) is 0 Å². The first-order chi connectivity index (χ1) is 12.9. The van der Waals surface area contributed by atoms with E-state index in [9.17, 15) is 9.59 Å². The molecule has 0 aliphatic heterocycles. The van der Waals surface area contributed by atoms with Gasteiger partial charge in [-0.3, -0.25) is 4.79 Å². The molecular weight excluding hydrogens is 408 g/mol. The van der Waals surface area contributed by atoms with Crippen molar-refractivity contribution in [1.29, 1.82) is 0 Å². The highest BCUT2D eigenvalue weighted by Crippen LogP contribution is 2.13. The van der Waals surface area contributed by atoms with Gasteiger partial charge in [-0.05, 0) is 29.2 Å². The first kappa shape index (κ1) is 21.0. The molecular formula is C21H25BrN2O3. The fourth-order valence-electron chi connectivity index (χ4n) is 2.58. The summed E-state index contributed by atoms with van der Waals surface area (Å²) in [6.45, 7) is 4.43. The lowest BCUT2D eigenvalue weighted by atomic mass is 10.0. The zero-order chi connectivity index (χ0) is 19.8. The predicted molar refractivity (Wildman–Crippen MR) is 109 cm³/mol. The van der Waals surface area contributed by atoms with Crippen LogP contribution in [0.4, 0.5) is 4.79 Å². The van der Waals surface area contributed by atoms with E-state index in [0.717, 1.165) is 15.6 Å². The molecule has 0 saturated carbocycles. The Morgan fingerprint density at radius 1 is 1.04 bits per heavy atom. The maximum absolute atomic E-state index is 12.8. The number of hydrogen-bond donors (Lipinski definition) is 1. The first-order valence-electron chi connectivity index (χ1n) is 8.83. The molecule has 2 aromatic carbocycles. The van der Waals surface area contributed by atoms with Gasteiger partial charge < -0.3 is 15.0 Å². The lowest BCUT2D eigenvalue weighted by Gasteiger charge is -2.27. The Kier molecular flexibility index (Phi) is 7.85. The standard InChI is InChI=1S/C21H25BrN2O3/c1-15(2)19(23-21(26)27-14-17-7-5-4-6-8-17)20(25)24(3)13-16-9-11-18(22)12-10-16/h4-12,15,19H,13-14H2,1-3H3,(H,23,26). The SMILES string of the molecule is CC(C)C(NC(=O)OCc1ccccc1)C(=O)N(C)Cc1ccc(Br)cc1. The van der Waals surface area contributed by atoms with E-state index in [4.69, 9.17) is 4.74 Å². The number of hydrogen-bond acceptors (Lipinski definition) is 3. The van der Waals surface area contributed by atoms with Crippen molar-refractivity contribution in [2.45, 2.75) is 33.0 Å². The summed E-state index contributed by atoms with van der Waals surface area (Å²) in [6, 6.07) is 16.6. The van der Waals surface area contributed by atoms with Crippen molar-refractivity contribution in [2.24, 2.45) is 5.92 Å². The van der Waals surface area contributed by atoms with Gasteiger partial charge in [-0.1, -0.05) is 72.2 Å². The van der Waals surface area contributed by atoms with Gasteiger partial charge in [0.05, 0.1) is 0 Å². The number of alkyl carbamates (subject to hydrolysis) is 1. The highest BCUT2D eigenvalue weighted by Gasteiger charge is 2.27. The van der Waals surface area contributed by atoms with Crippen LogP contribution in [0.3, 0.4) is 0 Å². The van der Waals surface area contributed by atoms with Crippen LogP contribution < -0.4 is 5.32 Å². The van der Waals surface area contributed by atoms with E-state index in [0.29, 0.717) is 6.54 Å². The Labute approximate surface area is 168 Å². The maximum atomic E-state index is 12.8. The summed E-state index contributed by atoms with van der Waals surface area (Å²) < 4.78 is 6.23. The molecule has 2 amide bonds. The molecule has 0 saturated heterocycles. The number of carbonyl (C=O) groups excluding carboxylic acids is 2. The zero-order valence-electron chi connectivity index (χ0n) is 15.8. The Morgan fingerprint density at radius 2 is 1.67 bits per heavy atom. The van der Waals surface area contributed by atoms with Crippen molar-refractivity contribution in [3.05, 3.63) is 70.2 Å². The fraction of sp³-hybridized carbons (Fsp3) is 0.333. The highest BCUT2D eigenvalue weighted by atomic mass is 79.9. The van der Waals surface area contributed by atoms with Gasteiger partial charge in [0.2, 0.25) is 5.91 Å². The van der Waals surface area contributed by atoms with Crippen LogP contribution in [-0.2, 0) is 22.7 Å². The molecule has 2 aromatic rings. The average molecular weight is 433 g/mol. The second-order valence-electron chi connectivity index (χ2n) is 6.75. The predicted octanol–water partition coefficient (Wildman–Crippen LogP) is 4.36. The minimum atomic E-state index is -0.645. The quantitative estimate of drug-likeness (QED) is 0.706. The van der Waals surface area contributed by atoms with E-state index in [-0.39, 0.29) is 18.4 Å². The van der Waals surface area contributed by atoms with E-state index < -0.39 is 12.1 Å². The molecule has 0 radical (unpaired) electrons. The largest absolute Gasteiger partial charge is 0.445 e. The van der Waals surface area contributed by atoms with Gasteiger partial charge >= 0.3 is 6.09 Å². The summed E-state index contributed by atoms with van der Waals surface area (Å²) in [4.78, 5) is 26.6. The summed E-state index contributed by atoms with van der Waals surface area (Å²) in [5, 5.41) is 2.70. The fourth-order valence-corrected chi connectivity index (χ4v) is 2.85. The molecule has 0 aliphatic rings. The van der Waals surface area contributed by atoms with E-state index in [2.05, 4.69) is 21.2 Å². The molecule has 1 atom stereocenters. The lowest BCUT2D eigenvalue weighted by Crippen LogP contribution is -2.50. The molecule has 0 aliphatic carbocycles. The minimum Gasteiger partial charge on any atom is -0.445 e. The number of nitrogens with zero attached hydrogens (tertiary/aromatic N) is 1. The van der Waals surface area contributed by atoms with Gasteiger partial charge in [0, 0.05) is 18.1 Å². The van der Waals surface area contributed by atoms with Crippen molar-refractivity contribution in [1.82, 2.24) is 10.2 Å². The monoisotopic (exact) mass is 432 g/mol. The van der Waals surface area contributed by atoms with E-state index in [1.807, 2.05) is 68.4 Å². The van der Waals surface area contributed by atoms with Crippen LogP contribution in [0.2, 0.25) is 0 Å². The number of likely N-dealkylation sites (N-methyl/N-ethyl adjacent to an activating group) is 1. The molecule has 0 bridgehead atoms. The maximum Gasteiger partial charge on any atom is 0.408 e. The number of nitrogens with one attached hydrogen (secondary N) is 1. The second-order valence-corrected chi connectivity index (χ2v) is 7.66. The molecule has 0 fully saturated rings. The third-order valence-corrected chi connectivity index (χ3v) is 4.66. The molecule has 144 valence electrons. The van der Waals surface area contributed by atoms with Gasteiger partial charge in [-0.2, -0.15) is 0 Å². The highest BCUT2D eigenvalue weighted by molar-refractivity contribution is 9.10. The van der Waals surface area contributed by atoms with Gasteiger partial charge in [0.15, 0.2) is 0 Å². The summed E-state index contributed by atoms with van der Waals surface area (Å²) in [5.41, 5.74) is 1.91. The van der Waals surface area contributed by atoms with Crippen LogP contribution in [0.1, 0.15) is 25.0 Å². The number of ether oxygens (including phenoxy) is 1. The second kappa shape index (κ2) is 10.1. The van der Waals surface area contributed by atoms with Crippen LogP contribution in [0.5, 0.6) is 0 Å². The Balaban J connectivity index is 1.93. The van der Waals surface area contributed by atoms with Gasteiger partial charge in [-0.15, -0.1) is 0 Å². The first-order valence-corrected chi connectivity index (χ1v) is 9.62. The number of carbonyl (C=O) groups is 2. The third-order valence-electron chi connectivity index (χ3n) is 4.13. The summed E-state index contributed by atoms with van der Waals surface area (Å²) in [5.74, 6) is -0.210. The number of amides is 2. The summed E-state index contributed by atoms with van der Waals surface area (Å²) in [6.07, 6.45) is -0.594. The average Bonchev–Trinajstić information content (AvgIpc) is 2.66. The zero-order valence-corrected chi connectivity index (χ0v) is 17.4. The number of halogens is 1. The summed E-state index contributed by atoms with van der Waals surface area (Å²) in [7, 11) is 1.73. The van der Waals surface area contributed by atoms with Gasteiger partial charge in [0.1, 0.15) is 12.6 Å². The smallest absolute Gasteiger partial charge is 0.408 e. The molecule has 1 N–H and O–H groups in total. The molecule has 6 heteroatoms. The van der Waals surface area contributed by atoms with Crippen LogP contribution in [0.25, 0.3) is 0 Å². The Hall–Kier alpha value is -2.34. The van der Waals surface area contributed by atoms with E-state index >= 15 is 0 Å². The van der Waals surface area contributed by atoms with Crippen LogP contribution in [0.15, 0.2) is 59.1 Å². The Morgan fingerprint density at radius 3 is 2.26 bits per heavy atom. The molecule has 0 spiro atoms. The van der Waals surface area contributed by atoms with Crippen LogP contribution >= 0.6 is 15.9 Å². The lowest BCUT2D eigenvalue weighted by molar-refractivity contribution is -0.133. The van der Waals surface area contributed by atoms with Gasteiger partial charge in [-0.25, -0.2) is 4.79 Å². The Bertz CT molecular complexity index is 748. The van der Waals surface area contributed by atoms with E-state index in [1.54, 1.807) is 11.9 Å². The topological polar surface area (TPSA) is 58.6 Å². The molecule has 1 unspecified atom stereocenters. The minimum absolute atomic E-state index is 0.0610. The van der Waals surface area contributed by atoms with Crippen molar-refractivity contribution in [2.75, 3.05) is 7.05 Å². The molecule has 0 heterocycles. The van der Waals surface area contributed by atoms with Crippen LogP contribution in [-0.4, -0.2) is 30.0 Å². The number of benzene rings is 2. The normalized spacial score (nSPS) is 11.7. The van der Waals surface area contributed by atoms with Crippen molar-refractivity contribution < 1.29 is 14.3 Å². The molecule has 5 nitrogen and oxygen atoms in total. The van der Waals surface area contributed by atoms with Gasteiger partial charge in [0.25, 0.3) is 0 Å². The van der Waals surface area contributed by atoms with Crippen molar-refractivity contribution in [3.63, 3.8) is 0 Å². The third kappa shape index (κ3) is 6.71. The van der Waals surface area contributed by atoms with Crippen LogP contribution in [0, 0.1) is 5.92 Å². The van der Waals surface area contributed by atoms with Crippen molar-refractivity contribution >= 4 is 27.9 Å². The number of rotatable bonds is 7. The summed E-state index contributed by atoms with van der Waals surface area (Å²) >= 11 is 3.40.